The lowest BCUT2D eigenvalue weighted by molar-refractivity contribution is 0.207. The van der Waals surface area contributed by atoms with Gasteiger partial charge in [0.05, 0.1) is 0 Å². The summed E-state index contributed by atoms with van der Waals surface area (Å²) in [7, 11) is -1.84. The van der Waals surface area contributed by atoms with E-state index in [1.807, 2.05) is 13.8 Å². The quantitative estimate of drug-likeness (QED) is 0.701. The molecule has 0 saturated heterocycles. The standard InChI is InChI=1S/C12H17F2O2Si/c1-3-7-15-17(16-8-4-2)12-6-5-10(13)9-11(12)14/h5-6,9H,3-4,7-8H2,1-2H3. The molecule has 0 N–H and O–H groups in total. The highest BCUT2D eigenvalue weighted by Gasteiger charge is 2.23. The summed E-state index contributed by atoms with van der Waals surface area (Å²) in [4.78, 5) is 0. The lowest BCUT2D eigenvalue weighted by atomic mass is 10.3. The molecule has 0 heterocycles. The van der Waals surface area contributed by atoms with Gasteiger partial charge in [-0.1, -0.05) is 19.9 Å². The fraction of sp³-hybridized carbons (Fsp3) is 0.500. The van der Waals surface area contributed by atoms with Crippen molar-refractivity contribution >= 4 is 14.5 Å². The zero-order valence-corrected chi connectivity index (χ0v) is 11.1. The van der Waals surface area contributed by atoms with Crippen molar-refractivity contribution in [3.63, 3.8) is 0 Å². The number of rotatable bonds is 7. The first-order chi connectivity index (χ1) is 8.19. The topological polar surface area (TPSA) is 18.5 Å². The van der Waals surface area contributed by atoms with Gasteiger partial charge >= 0.3 is 9.28 Å². The fourth-order valence-electron chi connectivity index (χ4n) is 1.24. The van der Waals surface area contributed by atoms with Gasteiger partial charge in [-0.15, -0.1) is 0 Å². The molecule has 17 heavy (non-hydrogen) atoms. The van der Waals surface area contributed by atoms with Crippen LogP contribution in [0.3, 0.4) is 0 Å². The van der Waals surface area contributed by atoms with Gasteiger partial charge in [-0.25, -0.2) is 8.78 Å². The van der Waals surface area contributed by atoms with Gasteiger partial charge in [-0.3, -0.25) is 0 Å². The largest absolute Gasteiger partial charge is 0.426 e. The Morgan fingerprint density at radius 3 is 2.12 bits per heavy atom. The Bertz CT molecular complexity index is 339. The van der Waals surface area contributed by atoms with Crippen LogP contribution in [0.4, 0.5) is 8.78 Å². The van der Waals surface area contributed by atoms with Crippen LogP contribution in [0, 0.1) is 11.6 Å². The summed E-state index contributed by atoms with van der Waals surface area (Å²) in [5.41, 5.74) is 0. The second kappa shape index (κ2) is 7.52. The van der Waals surface area contributed by atoms with Crippen LogP contribution in [0.25, 0.3) is 0 Å². The predicted octanol–water partition coefficient (Wildman–Crippen LogP) is 2.51. The molecular weight excluding hydrogens is 242 g/mol. The third kappa shape index (κ3) is 4.53. The van der Waals surface area contributed by atoms with Crippen molar-refractivity contribution in [2.75, 3.05) is 13.2 Å². The Balaban J connectivity index is 2.79. The minimum Gasteiger partial charge on any atom is -0.390 e. The maximum Gasteiger partial charge on any atom is 0.426 e. The van der Waals surface area contributed by atoms with E-state index in [2.05, 4.69) is 0 Å². The molecular formula is C12H17F2O2Si. The summed E-state index contributed by atoms with van der Waals surface area (Å²) in [5, 5.41) is 0.346. The SMILES string of the molecule is CCCO[Si](OCCC)c1ccc(F)cc1F. The van der Waals surface area contributed by atoms with Crippen molar-refractivity contribution in [2.24, 2.45) is 0 Å². The second-order valence-electron chi connectivity index (χ2n) is 3.61. The summed E-state index contributed by atoms with van der Waals surface area (Å²) >= 11 is 0. The number of hydrogen-bond donors (Lipinski definition) is 0. The summed E-state index contributed by atoms with van der Waals surface area (Å²) < 4.78 is 37.4. The van der Waals surface area contributed by atoms with Crippen LogP contribution in [0.2, 0.25) is 0 Å². The molecule has 0 aliphatic carbocycles. The van der Waals surface area contributed by atoms with E-state index < -0.39 is 20.9 Å². The van der Waals surface area contributed by atoms with E-state index in [-0.39, 0.29) is 0 Å². The maximum atomic E-state index is 13.6. The number of benzene rings is 1. The summed E-state index contributed by atoms with van der Waals surface area (Å²) in [6, 6.07) is 3.50. The van der Waals surface area contributed by atoms with Crippen molar-refractivity contribution in [1.82, 2.24) is 0 Å². The van der Waals surface area contributed by atoms with Crippen LogP contribution >= 0.6 is 0 Å². The monoisotopic (exact) mass is 259 g/mol. The minimum atomic E-state index is -1.84. The van der Waals surface area contributed by atoms with Gasteiger partial charge in [0.2, 0.25) is 0 Å². The zero-order valence-electron chi connectivity index (χ0n) is 10.1. The second-order valence-corrected chi connectivity index (χ2v) is 5.30. The molecule has 0 aromatic heterocycles. The van der Waals surface area contributed by atoms with Crippen molar-refractivity contribution in [3.05, 3.63) is 29.8 Å². The molecule has 0 atom stereocenters. The van der Waals surface area contributed by atoms with Gasteiger partial charge in [0.25, 0.3) is 0 Å². The first-order valence-corrected chi connectivity index (χ1v) is 7.08. The van der Waals surface area contributed by atoms with Crippen molar-refractivity contribution in [3.8, 4) is 0 Å². The van der Waals surface area contributed by atoms with Crippen LogP contribution in [-0.4, -0.2) is 22.5 Å². The van der Waals surface area contributed by atoms with Crippen LogP contribution in [-0.2, 0) is 8.85 Å². The van der Waals surface area contributed by atoms with E-state index >= 15 is 0 Å². The van der Waals surface area contributed by atoms with Gasteiger partial charge < -0.3 is 8.85 Å². The zero-order chi connectivity index (χ0) is 12.7. The smallest absolute Gasteiger partial charge is 0.390 e. The van der Waals surface area contributed by atoms with Crippen molar-refractivity contribution in [2.45, 2.75) is 26.7 Å². The fourth-order valence-corrected chi connectivity index (χ4v) is 2.90. The molecule has 1 aromatic carbocycles. The highest BCUT2D eigenvalue weighted by atomic mass is 28.3. The van der Waals surface area contributed by atoms with Crippen LogP contribution in [0.1, 0.15) is 26.7 Å². The lowest BCUT2D eigenvalue weighted by Crippen LogP contribution is -2.39. The van der Waals surface area contributed by atoms with E-state index in [4.69, 9.17) is 8.85 Å². The van der Waals surface area contributed by atoms with Crippen molar-refractivity contribution in [1.29, 1.82) is 0 Å². The molecule has 2 nitrogen and oxygen atoms in total. The molecule has 0 aliphatic rings. The van der Waals surface area contributed by atoms with Gasteiger partial charge in [0.1, 0.15) is 11.6 Å². The van der Waals surface area contributed by atoms with Crippen LogP contribution in [0.5, 0.6) is 0 Å². The van der Waals surface area contributed by atoms with Gasteiger partial charge in [0, 0.05) is 24.5 Å². The Hall–Kier alpha value is -0.783. The van der Waals surface area contributed by atoms with E-state index in [1.165, 1.54) is 12.1 Å². The van der Waals surface area contributed by atoms with Crippen LogP contribution < -0.4 is 5.19 Å². The summed E-state index contributed by atoms with van der Waals surface area (Å²) in [5.74, 6) is -1.18. The molecule has 0 amide bonds. The number of hydrogen-bond acceptors (Lipinski definition) is 2. The normalized spacial score (nSPS) is 11.1. The molecule has 1 rings (SSSR count). The third-order valence-electron chi connectivity index (χ3n) is 2.03. The molecule has 95 valence electrons. The minimum absolute atomic E-state index is 0.346. The van der Waals surface area contributed by atoms with E-state index in [0.29, 0.717) is 18.4 Å². The Labute approximate surface area is 102 Å². The van der Waals surface area contributed by atoms with Gasteiger partial charge in [-0.05, 0) is 18.9 Å². The maximum absolute atomic E-state index is 13.6. The van der Waals surface area contributed by atoms with E-state index in [9.17, 15) is 8.78 Å². The predicted molar refractivity (Wildman–Crippen MR) is 64.2 cm³/mol. The molecule has 0 fully saturated rings. The average Bonchev–Trinajstić information content (AvgIpc) is 2.30. The molecule has 1 radical (unpaired) electrons. The Morgan fingerprint density at radius 2 is 1.65 bits per heavy atom. The first kappa shape index (κ1) is 14.3. The molecule has 0 bridgehead atoms. The lowest BCUT2D eigenvalue weighted by Gasteiger charge is -2.15. The molecule has 0 aliphatic heterocycles. The molecule has 0 saturated carbocycles. The Kier molecular flexibility index (Phi) is 6.32. The van der Waals surface area contributed by atoms with Gasteiger partial charge in [-0.2, -0.15) is 0 Å². The van der Waals surface area contributed by atoms with Crippen LogP contribution in [0.15, 0.2) is 18.2 Å². The van der Waals surface area contributed by atoms with Crippen molar-refractivity contribution < 1.29 is 17.6 Å². The molecule has 0 spiro atoms. The van der Waals surface area contributed by atoms with Gasteiger partial charge in [0.15, 0.2) is 0 Å². The summed E-state index contributed by atoms with van der Waals surface area (Å²) in [6.07, 6.45) is 1.68. The molecule has 0 unspecified atom stereocenters. The number of halogens is 2. The van der Waals surface area contributed by atoms with E-state index in [1.54, 1.807) is 0 Å². The first-order valence-electron chi connectivity index (χ1n) is 5.77. The average molecular weight is 259 g/mol. The molecule has 1 aromatic rings. The Morgan fingerprint density at radius 1 is 1.06 bits per heavy atom. The summed E-state index contributed by atoms with van der Waals surface area (Å²) in [6.45, 7) is 4.99. The highest BCUT2D eigenvalue weighted by Crippen LogP contribution is 2.03. The molecule has 5 heteroatoms. The van der Waals surface area contributed by atoms with E-state index in [0.717, 1.165) is 18.9 Å². The third-order valence-corrected chi connectivity index (χ3v) is 3.80. The highest BCUT2D eigenvalue weighted by molar-refractivity contribution is 6.61.